The molecule has 0 aliphatic heterocycles. The van der Waals surface area contributed by atoms with E-state index in [1.165, 1.54) is 29.4 Å². The van der Waals surface area contributed by atoms with Crippen molar-refractivity contribution in [3.8, 4) is 5.75 Å². The van der Waals surface area contributed by atoms with E-state index in [1.54, 1.807) is 7.11 Å². The molecule has 5 nitrogen and oxygen atoms in total. The molecule has 46 heavy (non-hydrogen) atoms. The van der Waals surface area contributed by atoms with E-state index in [9.17, 15) is 4.79 Å². The third-order valence-electron chi connectivity index (χ3n) is 8.23. The summed E-state index contributed by atoms with van der Waals surface area (Å²) in [6.07, 6.45) is 0.271. The summed E-state index contributed by atoms with van der Waals surface area (Å²) in [6, 6.07) is 50.0. The van der Waals surface area contributed by atoms with Crippen LogP contribution in [0.2, 0.25) is 0 Å². The van der Waals surface area contributed by atoms with Crippen LogP contribution in [-0.4, -0.2) is 25.1 Å². The lowest BCUT2D eigenvalue weighted by Crippen LogP contribution is -2.33. The number of hydrogen-bond donors (Lipinski definition) is 1. The van der Waals surface area contributed by atoms with Crippen LogP contribution in [0.4, 0.5) is 0 Å². The van der Waals surface area contributed by atoms with E-state index < -0.39 is 0 Å². The zero-order chi connectivity index (χ0) is 32.6. The SMILES string of the molecule is COC(=O)C[C@@H](c1ccc(OC)cc1)N(Cc1ccccc1)[C@H](C)c1ccccc1.C[C@@H](NCc1ccccc1)c1ccccc1. The molecule has 0 spiro atoms. The summed E-state index contributed by atoms with van der Waals surface area (Å²) in [5, 5.41) is 3.52. The van der Waals surface area contributed by atoms with Gasteiger partial charge in [0.15, 0.2) is 0 Å². The van der Waals surface area contributed by atoms with Gasteiger partial charge < -0.3 is 14.8 Å². The quantitative estimate of drug-likeness (QED) is 0.134. The summed E-state index contributed by atoms with van der Waals surface area (Å²) in [4.78, 5) is 14.7. The zero-order valence-corrected chi connectivity index (χ0v) is 27.4. The summed E-state index contributed by atoms with van der Waals surface area (Å²) < 4.78 is 10.4. The topological polar surface area (TPSA) is 50.8 Å². The van der Waals surface area contributed by atoms with Gasteiger partial charge in [-0.15, -0.1) is 0 Å². The normalized spacial score (nSPS) is 12.7. The highest BCUT2D eigenvalue weighted by Gasteiger charge is 2.29. The van der Waals surface area contributed by atoms with Crippen molar-refractivity contribution >= 4 is 5.97 Å². The number of nitrogens with zero attached hydrogens (tertiary/aromatic N) is 1. The molecule has 1 N–H and O–H groups in total. The molecule has 0 amide bonds. The maximum absolute atomic E-state index is 12.4. The molecule has 0 saturated carbocycles. The number of benzene rings is 5. The molecule has 5 aromatic carbocycles. The van der Waals surface area contributed by atoms with E-state index in [4.69, 9.17) is 9.47 Å². The number of hydrogen-bond acceptors (Lipinski definition) is 5. The zero-order valence-electron chi connectivity index (χ0n) is 27.4. The van der Waals surface area contributed by atoms with Gasteiger partial charge >= 0.3 is 5.97 Å². The molecule has 5 rings (SSSR count). The van der Waals surface area contributed by atoms with E-state index >= 15 is 0 Å². The van der Waals surface area contributed by atoms with Crippen LogP contribution in [0.15, 0.2) is 146 Å². The molecule has 238 valence electrons. The van der Waals surface area contributed by atoms with Crippen LogP contribution in [0.5, 0.6) is 5.75 Å². The molecule has 0 bridgehead atoms. The molecule has 0 heterocycles. The van der Waals surface area contributed by atoms with Crippen LogP contribution in [-0.2, 0) is 22.6 Å². The summed E-state index contributed by atoms with van der Waals surface area (Å²) >= 11 is 0. The summed E-state index contributed by atoms with van der Waals surface area (Å²) in [6.45, 7) is 6.01. The van der Waals surface area contributed by atoms with Gasteiger partial charge in [-0.25, -0.2) is 0 Å². The van der Waals surface area contributed by atoms with Gasteiger partial charge in [0.2, 0.25) is 0 Å². The molecule has 3 atom stereocenters. The number of carbonyl (C=O) groups excluding carboxylic acids is 1. The predicted octanol–water partition coefficient (Wildman–Crippen LogP) is 9.10. The molecular formula is C41H46N2O3. The highest BCUT2D eigenvalue weighted by atomic mass is 16.5. The lowest BCUT2D eigenvalue weighted by molar-refractivity contribution is -0.142. The molecule has 0 aromatic heterocycles. The highest BCUT2D eigenvalue weighted by Crippen LogP contribution is 2.35. The second-order valence-electron chi connectivity index (χ2n) is 11.3. The van der Waals surface area contributed by atoms with Gasteiger partial charge in [-0.1, -0.05) is 133 Å². The molecule has 0 saturated heterocycles. The van der Waals surface area contributed by atoms with Crippen LogP contribution < -0.4 is 10.1 Å². The number of esters is 1. The first-order valence-electron chi connectivity index (χ1n) is 15.9. The maximum Gasteiger partial charge on any atom is 0.307 e. The molecule has 0 fully saturated rings. The summed E-state index contributed by atoms with van der Waals surface area (Å²) in [7, 11) is 3.09. The van der Waals surface area contributed by atoms with E-state index in [-0.39, 0.29) is 24.5 Å². The Morgan fingerprint density at radius 3 is 1.65 bits per heavy atom. The number of rotatable bonds is 13. The van der Waals surface area contributed by atoms with Crippen molar-refractivity contribution in [1.29, 1.82) is 0 Å². The molecule has 5 aromatic rings. The van der Waals surface area contributed by atoms with Gasteiger partial charge in [-0.05, 0) is 53.8 Å². The largest absolute Gasteiger partial charge is 0.497 e. The molecule has 5 heteroatoms. The average Bonchev–Trinajstić information content (AvgIpc) is 3.13. The fraction of sp³-hybridized carbons (Fsp3) is 0.244. The average molecular weight is 615 g/mol. The summed E-state index contributed by atoms with van der Waals surface area (Å²) in [5.41, 5.74) is 6.11. The second-order valence-corrected chi connectivity index (χ2v) is 11.3. The van der Waals surface area contributed by atoms with Gasteiger partial charge in [0, 0.05) is 31.2 Å². The maximum atomic E-state index is 12.4. The van der Waals surface area contributed by atoms with Crippen molar-refractivity contribution in [3.05, 3.63) is 173 Å². The minimum atomic E-state index is -0.228. The Morgan fingerprint density at radius 1 is 0.630 bits per heavy atom. The fourth-order valence-electron chi connectivity index (χ4n) is 5.45. The molecule has 0 radical (unpaired) electrons. The number of nitrogens with one attached hydrogen (secondary N) is 1. The van der Waals surface area contributed by atoms with Gasteiger partial charge in [0.1, 0.15) is 5.75 Å². The Kier molecular flexibility index (Phi) is 13.6. The van der Waals surface area contributed by atoms with E-state index in [0.29, 0.717) is 12.6 Å². The van der Waals surface area contributed by atoms with Gasteiger partial charge in [0.25, 0.3) is 0 Å². The Balaban J connectivity index is 0.000000252. The molecular weight excluding hydrogens is 568 g/mol. The van der Waals surface area contributed by atoms with Gasteiger partial charge in [0.05, 0.1) is 20.6 Å². The smallest absolute Gasteiger partial charge is 0.307 e. The van der Waals surface area contributed by atoms with Crippen molar-refractivity contribution in [2.45, 2.75) is 51.5 Å². The molecule has 0 aliphatic carbocycles. The molecule has 0 unspecified atom stereocenters. The number of methoxy groups -OCH3 is 2. The van der Waals surface area contributed by atoms with Crippen LogP contribution in [0.3, 0.4) is 0 Å². The lowest BCUT2D eigenvalue weighted by atomic mass is 9.96. The van der Waals surface area contributed by atoms with Gasteiger partial charge in [-0.2, -0.15) is 0 Å². The first-order valence-corrected chi connectivity index (χ1v) is 15.9. The Bertz CT molecular complexity index is 1550. The van der Waals surface area contributed by atoms with Crippen LogP contribution >= 0.6 is 0 Å². The third-order valence-corrected chi connectivity index (χ3v) is 8.23. The second kappa shape index (κ2) is 18.3. The minimum absolute atomic E-state index is 0.100. The van der Waals surface area contributed by atoms with Crippen molar-refractivity contribution in [2.75, 3.05) is 14.2 Å². The van der Waals surface area contributed by atoms with Crippen molar-refractivity contribution in [1.82, 2.24) is 10.2 Å². The van der Waals surface area contributed by atoms with Crippen molar-refractivity contribution < 1.29 is 14.3 Å². The molecule has 0 aliphatic rings. The number of carbonyl (C=O) groups is 1. The number of ether oxygens (including phenoxy) is 2. The monoisotopic (exact) mass is 614 g/mol. The lowest BCUT2D eigenvalue weighted by Gasteiger charge is -2.37. The van der Waals surface area contributed by atoms with Gasteiger partial charge in [-0.3, -0.25) is 9.69 Å². The van der Waals surface area contributed by atoms with Crippen LogP contribution in [0, 0.1) is 0 Å². The van der Waals surface area contributed by atoms with Crippen molar-refractivity contribution in [3.63, 3.8) is 0 Å². The summed E-state index contributed by atoms with van der Waals surface area (Å²) in [5.74, 6) is 0.565. The van der Waals surface area contributed by atoms with Crippen LogP contribution in [0.25, 0.3) is 0 Å². The Labute approximate surface area is 274 Å². The van der Waals surface area contributed by atoms with E-state index in [0.717, 1.165) is 17.9 Å². The van der Waals surface area contributed by atoms with E-state index in [2.05, 4.69) is 109 Å². The highest BCUT2D eigenvalue weighted by molar-refractivity contribution is 5.70. The first kappa shape index (κ1) is 34.2. The standard InChI is InChI=1S/C26H29NO3.C15H17N/c1-20(22-12-8-5-9-13-22)27(19-21-10-6-4-7-11-21)25(18-26(28)30-3)23-14-16-24(29-2)17-15-23;1-13(15-10-6-3-7-11-15)16-12-14-8-4-2-5-9-14/h4-17,20,25H,18-19H2,1-3H3;2-11,13,16H,12H2,1H3/t20-,25+;13-/m11/s1. The van der Waals surface area contributed by atoms with Crippen LogP contribution in [0.1, 0.15) is 66.2 Å². The third kappa shape index (κ3) is 10.4. The van der Waals surface area contributed by atoms with E-state index in [1.807, 2.05) is 60.7 Å². The predicted molar refractivity (Wildman–Crippen MR) is 187 cm³/mol. The minimum Gasteiger partial charge on any atom is -0.497 e. The first-order chi connectivity index (χ1) is 22.5. The Hall–Kier alpha value is -4.71. The fourth-order valence-corrected chi connectivity index (χ4v) is 5.45. The Morgan fingerprint density at radius 2 is 1.13 bits per heavy atom. The van der Waals surface area contributed by atoms with Crippen molar-refractivity contribution in [2.24, 2.45) is 0 Å².